The van der Waals surface area contributed by atoms with Crippen LogP contribution in [0.5, 0.6) is 0 Å². The highest BCUT2D eigenvalue weighted by Crippen LogP contribution is 2.06. The molecule has 3 nitrogen and oxygen atoms in total. The van der Waals surface area contributed by atoms with Crippen LogP contribution in [-0.2, 0) is 4.79 Å². The molecular formula is C18H30O3. The summed E-state index contributed by atoms with van der Waals surface area (Å²) in [5.74, 6) is -0.705. The number of aliphatic hydroxyl groups is 1. The molecule has 0 aliphatic rings. The summed E-state index contributed by atoms with van der Waals surface area (Å²) in [5, 5.41) is 18.2. The summed E-state index contributed by atoms with van der Waals surface area (Å²) in [6.45, 7) is 2.08. The molecule has 120 valence electrons. The first-order valence-electron chi connectivity index (χ1n) is 8.05. The van der Waals surface area contributed by atoms with Crippen LogP contribution in [0.1, 0.15) is 64.7 Å². The number of allylic oxidation sites excluding steroid dienone is 5. The maximum atomic E-state index is 10.3. The van der Waals surface area contributed by atoms with Crippen molar-refractivity contribution in [2.45, 2.75) is 70.8 Å². The van der Waals surface area contributed by atoms with E-state index in [9.17, 15) is 9.90 Å². The van der Waals surface area contributed by atoms with Gasteiger partial charge in [0.25, 0.3) is 0 Å². The first kappa shape index (κ1) is 19.7. The quantitative estimate of drug-likeness (QED) is 0.296. The molecule has 21 heavy (non-hydrogen) atoms. The van der Waals surface area contributed by atoms with E-state index in [1.165, 1.54) is 0 Å². The molecule has 0 radical (unpaired) electrons. The van der Waals surface area contributed by atoms with Gasteiger partial charge in [0.2, 0.25) is 0 Å². The van der Waals surface area contributed by atoms with Crippen LogP contribution < -0.4 is 0 Å². The van der Waals surface area contributed by atoms with E-state index in [4.69, 9.17) is 5.11 Å². The largest absolute Gasteiger partial charge is 0.481 e. The van der Waals surface area contributed by atoms with Gasteiger partial charge in [0.05, 0.1) is 6.10 Å². The molecule has 2 N–H and O–H groups in total. The lowest BCUT2D eigenvalue weighted by Crippen LogP contribution is -2.00. The van der Waals surface area contributed by atoms with Gasteiger partial charge in [-0.25, -0.2) is 0 Å². The predicted octanol–water partition coefficient (Wildman–Crippen LogP) is 4.63. The fourth-order valence-corrected chi connectivity index (χ4v) is 1.90. The molecule has 0 aliphatic carbocycles. The second-order valence-electron chi connectivity index (χ2n) is 5.18. The number of hydrogen-bond donors (Lipinski definition) is 2. The Bertz CT molecular complexity index is 329. The summed E-state index contributed by atoms with van der Waals surface area (Å²) in [7, 11) is 0. The second-order valence-corrected chi connectivity index (χ2v) is 5.18. The lowest BCUT2D eigenvalue weighted by molar-refractivity contribution is -0.137. The molecule has 0 fully saturated rings. The van der Waals surface area contributed by atoms with Gasteiger partial charge in [-0.15, -0.1) is 0 Å². The van der Waals surface area contributed by atoms with Gasteiger partial charge in [0, 0.05) is 6.42 Å². The highest BCUT2D eigenvalue weighted by molar-refractivity contribution is 5.66. The Balaban J connectivity index is 3.41. The topological polar surface area (TPSA) is 57.5 Å². The Kier molecular flexibility index (Phi) is 14.1. The maximum Gasteiger partial charge on any atom is 0.303 e. The maximum absolute atomic E-state index is 10.3. The molecule has 0 aliphatic heterocycles. The molecule has 0 aromatic rings. The number of carbonyl (C=O) groups is 1. The normalized spacial score (nSPS) is 13.6. The van der Waals surface area contributed by atoms with E-state index in [0.717, 1.165) is 51.4 Å². The van der Waals surface area contributed by atoms with E-state index in [1.54, 1.807) is 0 Å². The number of carboxylic acid groups (broad SMARTS) is 1. The highest BCUT2D eigenvalue weighted by Gasteiger charge is 1.97. The Labute approximate surface area is 129 Å². The fourth-order valence-electron chi connectivity index (χ4n) is 1.90. The van der Waals surface area contributed by atoms with Gasteiger partial charge in [-0.1, -0.05) is 49.8 Å². The minimum Gasteiger partial charge on any atom is -0.481 e. The van der Waals surface area contributed by atoms with E-state index >= 15 is 0 Å². The van der Waals surface area contributed by atoms with Crippen molar-refractivity contribution < 1.29 is 15.0 Å². The zero-order valence-electron chi connectivity index (χ0n) is 13.2. The van der Waals surface area contributed by atoms with Crippen LogP contribution in [-0.4, -0.2) is 22.3 Å². The van der Waals surface area contributed by atoms with E-state index in [1.807, 2.05) is 18.2 Å². The molecule has 0 aromatic carbocycles. The molecule has 0 aromatic heterocycles. The van der Waals surface area contributed by atoms with Crippen molar-refractivity contribution in [3.63, 3.8) is 0 Å². The van der Waals surface area contributed by atoms with Crippen molar-refractivity contribution in [1.82, 2.24) is 0 Å². The fraction of sp³-hybridized carbons (Fsp3) is 0.611. The summed E-state index contributed by atoms with van der Waals surface area (Å²) in [6.07, 6.45) is 19.6. The number of carboxylic acids is 1. The predicted molar refractivity (Wildman–Crippen MR) is 88.3 cm³/mol. The SMILES string of the molecule is CCC=CC=CC(O)CCCC=CCCCCCC(=O)O. The Morgan fingerprint density at radius 1 is 1.00 bits per heavy atom. The smallest absolute Gasteiger partial charge is 0.303 e. The number of unbranched alkanes of at least 4 members (excludes halogenated alkanes) is 4. The molecule has 0 saturated carbocycles. The van der Waals surface area contributed by atoms with E-state index in [2.05, 4.69) is 25.2 Å². The summed E-state index contributed by atoms with van der Waals surface area (Å²) in [4.78, 5) is 10.3. The highest BCUT2D eigenvalue weighted by atomic mass is 16.4. The van der Waals surface area contributed by atoms with Gasteiger partial charge in [-0.2, -0.15) is 0 Å². The number of aliphatic hydroxyl groups excluding tert-OH is 1. The number of aliphatic carboxylic acids is 1. The first-order valence-corrected chi connectivity index (χ1v) is 8.05. The van der Waals surface area contributed by atoms with Crippen LogP contribution in [0.15, 0.2) is 36.5 Å². The van der Waals surface area contributed by atoms with Crippen LogP contribution in [0, 0.1) is 0 Å². The lowest BCUT2D eigenvalue weighted by Gasteiger charge is -2.02. The van der Waals surface area contributed by atoms with Crippen LogP contribution in [0.4, 0.5) is 0 Å². The molecule has 0 spiro atoms. The van der Waals surface area contributed by atoms with Crippen molar-refractivity contribution in [2.24, 2.45) is 0 Å². The zero-order chi connectivity index (χ0) is 15.8. The molecule has 3 heteroatoms. The van der Waals surface area contributed by atoms with Crippen molar-refractivity contribution in [2.75, 3.05) is 0 Å². The van der Waals surface area contributed by atoms with Gasteiger partial charge >= 0.3 is 5.97 Å². The van der Waals surface area contributed by atoms with Gasteiger partial charge < -0.3 is 10.2 Å². The van der Waals surface area contributed by atoms with Crippen LogP contribution in [0.25, 0.3) is 0 Å². The summed E-state index contributed by atoms with van der Waals surface area (Å²) in [6, 6.07) is 0. The molecule has 1 atom stereocenters. The minimum absolute atomic E-state index is 0.280. The van der Waals surface area contributed by atoms with Crippen LogP contribution >= 0.6 is 0 Å². The summed E-state index contributed by atoms with van der Waals surface area (Å²) >= 11 is 0. The number of hydrogen-bond acceptors (Lipinski definition) is 2. The monoisotopic (exact) mass is 294 g/mol. The first-order chi connectivity index (χ1) is 10.2. The van der Waals surface area contributed by atoms with Crippen molar-refractivity contribution in [3.8, 4) is 0 Å². The number of rotatable bonds is 13. The Morgan fingerprint density at radius 3 is 2.38 bits per heavy atom. The molecule has 0 heterocycles. The summed E-state index contributed by atoms with van der Waals surface area (Å²) < 4.78 is 0. The van der Waals surface area contributed by atoms with Crippen molar-refractivity contribution >= 4 is 5.97 Å². The molecule has 0 bridgehead atoms. The molecule has 0 saturated heterocycles. The molecule has 1 unspecified atom stereocenters. The van der Waals surface area contributed by atoms with Gasteiger partial charge in [0.15, 0.2) is 0 Å². The molecular weight excluding hydrogens is 264 g/mol. The van der Waals surface area contributed by atoms with Gasteiger partial charge in [-0.05, 0) is 44.9 Å². The van der Waals surface area contributed by atoms with Crippen LogP contribution in [0.3, 0.4) is 0 Å². The summed E-state index contributed by atoms with van der Waals surface area (Å²) in [5.41, 5.74) is 0. The average molecular weight is 294 g/mol. The minimum atomic E-state index is -0.705. The third-order valence-corrected chi connectivity index (χ3v) is 3.11. The van der Waals surface area contributed by atoms with Crippen LogP contribution in [0.2, 0.25) is 0 Å². The Hall–Kier alpha value is -1.35. The van der Waals surface area contributed by atoms with Crippen molar-refractivity contribution in [3.05, 3.63) is 36.5 Å². The molecule has 0 amide bonds. The third kappa shape index (κ3) is 16.6. The molecule has 0 rings (SSSR count). The average Bonchev–Trinajstić information content (AvgIpc) is 2.45. The van der Waals surface area contributed by atoms with E-state index in [-0.39, 0.29) is 12.5 Å². The van der Waals surface area contributed by atoms with E-state index < -0.39 is 5.97 Å². The third-order valence-electron chi connectivity index (χ3n) is 3.11. The van der Waals surface area contributed by atoms with Crippen molar-refractivity contribution in [1.29, 1.82) is 0 Å². The van der Waals surface area contributed by atoms with Gasteiger partial charge in [0.1, 0.15) is 0 Å². The Morgan fingerprint density at radius 2 is 1.71 bits per heavy atom. The van der Waals surface area contributed by atoms with E-state index in [0.29, 0.717) is 0 Å². The zero-order valence-corrected chi connectivity index (χ0v) is 13.2. The second kappa shape index (κ2) is 15.0. The standard InChI is InChI=1S/C18H30O3/c1-2-3-4-11-14-17(19)15-12-9-7-5-6-8-10-13-16-18(20)21/h3-5,7,11,14,17,19H,2,6,8-10,12-13,15-16H2,1H3,(H,20,21). The lowest BCUT2D eigenvalue weighted by atomic mass is 10.1. The van der Waals surface area contributed by atoms with Gasteiger partial charge in [-0.3, -0.25) is 4.79 Å².